The molecule has 0 atom stereocenters. The molecule has 8 heteroatoms. The summed E-state index contributed by atoms with van der Waals surface area (Å²) in [4.78, 5) is 24.0. The highest BCUT2D eigenvalue weighted by atomic mass is 35.5. The third-order valence-corrected chi connectivity index (χ3v) is 4.67. The lowest BCUT2D eigenvalue weighted by molar-refractivity contribution is 0.0600. The molecule has 0 heterocycles. The predicted octanol–water partition coefficient (Wildman–Crippen LogP) is 4.91. The van der Waals surface area contributed by atoms with Gasteiger partial charge in [-0.1, -0.05) is 23.7 Å². The van der Waals surface area contributed by atoms with Gasteiger partial charge in [-0.2, -0.15) is 0 Å². The van der Waals surface area contributed by atoms with Crippen LogP contribution in [0.2, 0.25) is 5.02 Å². The Labute approximate surface area is 182 Å². The Hall–Kier alpha value is -3.45. The fourth-order valence-corrected chi connectivity index (χ4v) is 2.99. The molecule has 1 N–H and O–H groups in total. The smallest absolute Gasteiger partial charge is 0.337 e. The Balaban J connectivity index is 1.63. The second-order valence-corrected chi connectivity index (χ2v) is 6.99. The molecule has 3 aromatic rings. The summed E-state index contributed by atoms with van der Waals surface area (Å²) in [5.41, 5.74) is 1.69. The van der Waals surface area contributed by atoms with E-state index in [9.17, 15) is 18.4 Å². The average molecular weight is 446 g/mol. The number of ether oxygens (including phenoxy) is 2. The van der Waals surface area contributed by atoms with Crippen molar-refractivity contribution < 1.29 is 27.8 Å². The largest absolute Gasteiger partial charge is 0.489 e. The van der Waals surface area contributed by atoms with Gasteiger partial charge in [0.05, 0.1) is 23.3 Å². The molecule has 0 fully saturated rings. The van der Waals surface area contributed by atoms with Crippen LogP contribution in [-0.2, 0) is 17.9 Å². The van der Waals surface area contributed by atoms with E-state index >= 15 is 0 Å². The first-order chi connectivity index (χ1) is 14.9. The van der Waals surface area contributed by atoms with E-state index in [-0.39, 0.29) is 23.7 Å². The first-order valence-electron chi connectivity index (χ1n) is 9.18. The van der Waals surface area contributed by atoms with E-state index in [1.807, 2.05) is 0 Å². The summed E-state index contributed by atoms with van der Waals surface area (Å²) < 4.78 is 36.8. The number of carbonyl (C=O) groups excluding carboxylic acids is 2. The molecule has 0 aliphatic rings. The van der Waals surface area contributed by atoms with Gasteiger partial charge in [0.1, 0.15) is 24.0 Å². The Kier molecular flexibility index (Phi) is 7.20. The summed E-state index contributed by atoms with van der Waals surface area (Å²) in [6, 6.07) is 14.2. The number of hydrogen-bond acceptors (Lipinski definition) is 4. The van der Waals surface area contributed by atoms with Gasteiger partial charge in [0.25, 0.3) is 5.91 Å². The minimum absolute atomic E-state index is 0.0794. The van der Waals surface area contributed by atoms with E-state index in [1.54, 1.807) is 30.3 Å². The van der Waals surface area contributed by atoms with Crippen molar-refractivity contribution in [2.75, 3.05) is 7.11 Å². The lowest BCUT2D eigenvalue weighted by Crippen LogP contribution is -2.23. The zero-order chi connectivity index (χ0) is 22.4. The Morgan fingerprint density at radius 3 is 2.26 bits per heavy atom. The van der Waals surface area contributed by atoms with Gasteiger partial charge in [-0.3, -0.25) is 4.79 Å². The summed E-state index contributed by atoms with van der Waals surface area (Å²) >= 11 is 6.14. The lowest BCUT2D eigenvalue weighted by Gasteiger charge is -2.11. The molecule has 0 saturated carbocycles. The topological polar surface area (TPSA) is 64.6 Å². The van der Waals surface area contributed by atoms with Gasteiger partial charge in [0, 0.05) is 12.6 Å². The van der Waals surface area contributed by atoms with Crippen molar-refractivity contribution in [3.05, 3.63) is 99.6 Å². The molecule has 31 heavy (non-hydrogen) atoms. The molecule has 1 amide bonds. The number of benzene rings is 3. The van der Waals surface area contributed by atoms with Gasteiger partial charge in [0.15, 0.2) is 0 Å². The number of methoxy groups -OCH3 is 1. The average Bonchev–Trinajstić information content (AvgIpc) is 2.76. The van der Waals surface area contributed by atoms with Gasteiger partial charge in [-0.25, -0.2) is 13.6 Å². The van der Waals surface area contributed by atoms with Crippen molar-refractivity contribution in [2.45, 2.75) is 13.2 Å². The van der Waals surface area contributed by atoms with Crippen molar-refractivity contribution >= 4 is 23.5 Å². The molecular weight excluding hydrogens is 428 g/mol. The number of esters is 1. The summed E-state index contributed by atoms with van der Waals surface area (Å²) in [7, 11) is 1.30. The van der Waals surface area contributed by atoms with Crippen LogP contribution in [0.4, 0.5) is 8.78 Å². The highest BCUT2D eigenvalue weighted by molar-refractivity contribution is 6.33. The highest BCUT2D eigenvalue weighted by Gasteiger charge is 2.13. The van der Waals surface area contributed by atoms with Gasteiger partial charge in [-0.05, 0) is 53.6 Å². The third kappa shape index (κ3) is 6.02. The zero-order valence-electron chi connectivity index (χ0n) is 16.5. The van der Waals surface area contributed by atoms with Gasteiger partial charge < -0.3 is 14.8 Å². The molecule has 0 spiro atoms. The zero-order valence-corrected chi connectivity index (χ0v) is 17.2. The number of rotatable bonds is 7. The van der Waals surface area contributed by atoms with Crippen LogP contribution in [0, 0.1) is 11.6 Å². The normalized spacial score (nSPS) is 10.5. The van der Waals surface area contributed by atoms with E-state index < -0.39 is 23.5 Å². The molecule has 0 unspecified atom stereocenters. The van der Waals surface area contributed by atoms with Crippen LogP contribution in [0.5, 0.6) is 5.75 Å². The van der Waals surface area contributed by atoms with Gasteiger partial charge in [-0.15, -0.1) is 0 Å². The molecule has 0 aliphatic heterocycles. The van der Waals surface area contributed by atoms with Crippen LogP contribution < -0.4 is 10.1 Å². The molecule has 5 nitrogen and oxygen atoms in total. The summed E-state index contributed by atoms with van der Waals surface area (Å²) in [5, 5.41) is 2.97. The third-order valence-electron chi connectivity index (χ3n) is 4.34. The molecule has 0 radical (unpaired) electrons. The van der Waals surface area contributed by atoms with Gasteiger partial charge in [0.2, 0.25) is 0 Å². The predicted molar refractivity (Wildman–Crippen MR) is 111 cm³/mol. The molecule has 0 aliphatic carbocycles. The van der Waals surface area contributed by atoms with E-state index in [0.29, 0.717) is 16.9 Å². The number of nitrogens with one attached hydrogen (secondary N) is 1. The number of halogens is 3. The van der Waals surface area contributed by atoms with E-state index in [2.05, 4.69) is 10.1 Å². The molecule has 160 valence electrons. The van der Waals surface area contributed by atoms with E-state index in [0.717, 1.165) is 23.8 Å². The quantitative estimate of drug-likeness (QED) is 0.525. The van der Waals surface area contributed by atoms with Crippen LogP contribution in [0.25, 0.3) is 0 Å². The van der Waals surface area contributed by atoms with Crippen LogP contribution in [-0.4, -0.2) is 19.0 Å². The standard InChI is InChI=1S/C23H18ClF2NO4/c1-30-23(29)16-4-2-14(3-5-16)12-27-22(28)20-11-19(6-7-21(20)24)31-13-15-8-17(25)10-18(26)9-15/h2-11H,12-13H2,1H3,(H,27,28). The molecule has 0 bridgehead atoms. The lowest BCUT2D eigenvalue weighted by atomic mass is 10.1. The fraction of sp³-hybridized carbons (Fsp3) is 0.130. The molecule has 3 aromatic carbocycles. The van der Waals surface area contributed by atoms with Crippen LogP contribution in [0.15, 0.2) is 60.7 Å². The monoisotopic (exact) mass is 445 g/mol. The first kappa shape index (κ1) is 22.2. The highest BCUT2D eigenvalue weighted by Crippen LogP contribution is 2.23. The fourth-order valence-electron chi connectivity index (χ4n) is 2.78. The van der Waals surface area contributed by atoms with Crippen LogP contribution >= 0.6 is 11.6 Å². The Morgan fingerprint density at radius 2 is 1.61 bits per heavy atom. The molecule has 3 rings (SSSR count). The molecule has 0 aromatic heterocycles. The summed E-state index contributed by atoms with van der Waals surface area (Å²) in [5.74, 6) is -1.95. The van der Waals surface area contributed by atoms with Crippen LogP contribution in [0.3, 0.4) is 0 Å². The Morgan fingerprint density at radius 1 is 0.935 bits per heavy atom. The van der Waals surface area contributed by atoms with Gasteiger partial charge >= 0.3 is 5.97 Å². The second-order valence-electron chi connectivity index (χ2n) is 6.58. The maximum Gasteiger partial charge on any atom is 0.337 e. The van der Waals surface area contributed by atoms with Crippen molar-refractivity contribution in [1.29, 1.82) is 0 Å². The number of amides is 1. The maximum atomic E-state index is 13.3. The Bertz CT molecular complexity index is 1080. The van der Waals surface area contributed by atoms with Crippen molar-refractivity contribution in [2.24, 2.45) is 0 Å². The minimum Gasteiger partial charge on any atom is -0.489 e. The number of carbonyl (C=O) groups is 2. The van der Waals surface area contributed by atoms with Crippen molar-refractivity contribution in [1.82, 2.24) is 5.32 Å². The number of hydrogen-bond donors (Lipinski definition) is 1. The van der Waals surface area contributed by atoms with E-state index in [1.165, 1.54) is 19.2 Å². The van der Waals surface area contributed by atoms with E-state index in [4.69, 9.17) is 16.3 Å². The second kappa shape index (κ2) is 10.0. The first-order valence-corrected chi connectivity index (χ1v) is 9.56. The van der Waals surface area contributed by atoms with Crippen molar-refractivity contribution in [3.63, 3.8) is 0 Å². The van der Waals surface area contributed by atoms with Crippen LogP contribution in [0.1, 0.15) is 31.8 Å². The molecule has 0 saturated heterocycles. The minimum atomic E-state index is -0.700. The molecular formula is C23H18ClF2NO4. The maximum absolute atomic E-state index is 13.3. The van der Waals surface area contributed by atoms with Crippen molar-refractivity contribution in [3.8, 4) is 5.75 Å². The SMILES string of the molecule is COC(=O)c1ccc(CNC(=O)c2cc(OCc3cc(F)cc(F)c3)ccc2Cl)cc1. The summed E-state index contributed by atoms with van der Waals surface area (Å²) in [6.07, 6.45) is 0. The summed E-state index contributed by atoms with van der Waals surface area (Å²) in [6.45, 7) is 0.133.